The van der Waals surface area contributed by atoms with Gasteiger partial charge in [-0.3, -0.25) is 14.4 Å². The Hall–Kier alpha value is -6.78. The summed E-state index contributed by atoms with van der Waals surface area (Å²) in [5, 5.41) is 9.64. The molecule has 2 aliphatic carbocycles. The number of ether oxygens (including phenoxy) is 5. The van der Waals surface area contributed by atoms with E-state index in [9.17, 15) is 23.2 Å². The largest absolute Gasteiger partial charge is 0.493 e. The van der Waals surface area contributed by atoms with Crippen LogP contribution in [0.5, 0.6) is 28.7 Å². The molecule has 3 fully saturated rings. The smallest absolute Gasteiger partial charge is 0.255 e. The summed E-state index contributed by atoms with van der Waals surface area (Å²) in [6.07, 6.45) is 7.91. The summed E-state index contributed by atoms with van der Waals surface area (Å²) in [6, 6.07) is 11.3. The van der Waals surface area contributed by atoms with Gasteiger partial charge in [0.1, 0.15) is 29.3 Å². The highest BCUT2D eigenvalue weighted by Gasteiger charge is 2.44. The molecule has 3 atom stereocenters. The highest BCUT2D eigenvalue weighted by atomic mass is 19.2. The molecule has 2 saturated carbocycles. The number of amides is 3. The molecule has 2 aromatic heterocycles. The summed E-state index contributed by atoms with van der Waals surface area (Å²) in [5.41, 5.74) is 4.45. The number of aromatic nitrogens is 3. The number of carbonyl (C=O) groups excluding carboxylic acids is 3. The number of nitrogens with one attached hydrogen (secondary N) is 2. The van der Waals surface area contributed by atoms with Gasteiger partial charge in [0.25, 0.3) is 5.91 Å². The molecular formula is C49H51F2N7O8. The molecule has 0 spiro atoms. The molecule has 3 aromatic carbocycles. The molecule has 66 heavy (non-hydrogen) atoms. The van der Waals surface area contributed by atoms with Gasteiger partial charge in [0.05, 0.1) is 49.2 Å². The SMILES string of the molecule is COc1ccc(C2=NN(C3CCN(C(=O)[C@@H](Cc4ccc(F)c(F)c4)NC(=O)c4c(C)[nH]c5c(-c6c(OCC7CC7)ccc7c6OCO7)ncnc45)CC3)C(=O)[C@@H]3CCCC[C@H]23)cc1OC. The Labute approximate surface area is 379 Å². The minimum atomic E-state index is -1.18. The van der Waals surface area contributed by atoms with Crippen LogP contribution >= 0.6 is 0 Å². The maximum atomic E-state index is 14.6. The Morgan fingerprint density at radius 2 is 1.67 bits per heavy atom. The Bertz CT molecular complexity index is 2750. The van der Waals surface area contributed by atoms with E-state index in [1.807, 2.05) is 24.3 Å². The number of aryl methyl sites for hydroxylation is 1. The number of H-pyrrole nitrogens is 1. The number of piperidine rings is 1. The van der Waals surface area contributed by atoms with Crippen molar-refractivity contribution in [3.63, 3.8) is 0 Å². The van der Waals surface area contributed by atoms with Gasteiger partial charge >= 0.3 is 0 Å². The third kappa shape index (κ3) is 8.12. The number of rotatable bonds is 13. The lowest BCUT2D eigenvalue weighted by Crippen LogP contribution is -2.56. The third-order valence-corrected chi connectivity index (χ3v) is 13.6. The number of halogens is 2. The normalized spacial score (nSPS) is 19.9. The Balaban J connectivity index is 0.915. The van der Waals surface area contributed by atoms with Crippen molar-refractivity contribution in [2.75, 3.05) is 40.7 Å². The fraction of sp³-hybridized carbons (Fsp3) is 0.429. The fourth-order valence-electron chi connectivity index (χ4n) is 9.96. The summed E-state index contributed by atoms with van der Waals surface area (Å²) < 4.78 is 57.7. The van der Waals surface area contributed by atoms with E-state index in [0.29, 0.717) is 87.7 Å². The lowest BCUT2D eigenvalue weighted by molar-refractivity contribution is -0.143. The third-order valence-electron chi connectivity index (χ3n) is 13.6. The summed E-state index contributed by atoms with van der Waals surface area (Å²) >= 11 is 0. The molecule has 0 radical (unpaired) electrons. The van der Waals surface area contributed by atoms with E-state index in [0.717, 1.165) is 61.9 Å². The highest BCUT2D eigenvalue weighted by Crippen LogP contribution is 2.49. The number of hydrogen-bond donors (Lipinski definition) is 2. The second-order valence-electron chi connectivity index (χ2n) is 17.8. The number of likely N-dealkylation sites (tertiary alicyclic amines) is 1. The number of carbonyl (C=O) groups is 3. The molecule has 344 valence electrons. The summed E-state index contributed by atoms with van der Waals surface area (Å²) in [4.78, 5) is 57.5. The fourth-order valence-corrected chi connectivity index (χ4v) is 9.96. The van der Waals surface area contributed by atoms with Crippen molar-refractivity contribution in [3.8, 4) is 40.0 Å². The first-order chi connectivity index (χ1) is 32.1. The second kappa shape index (κ2) is 17.9. The van der Waals surface area contributed by atoms with Crippen LogP contribution in [0.1, 0.15) is 78.5 Å². The van der Waals surface area contributed by atoms with Crippen LogP contribution in [0, 0.1) is 36.3 Å². The quantitative estimate of drug-likeness (QED) is 0.124. The van der Waals surface area contributed by atoms with Gasteiger partial charge in [-0.05, 0) is 99.4 Å². The molecule has 1 saturated heterocycles. The molecular weight excluding hydrogens is 853 g/mol. The van der Waals surface area contributed by atoms with Gasteiger partial charge in [-0.15, -0.1) is 0 Å². The zero-order chi connectivity index (χ0) is 45.6. The first-order valence-electron chi connectivity index (χ1n) is 22.7. The van der Waals surface area contributed by atoms with Crippen molar-refractivity contribution in [1.82, 2.24) is 30.2 Å². The molecule has 0 unspecified atom stereocenters. The number of hydrogen-bond acceptors (Lipinski definition) is 11. The van der Waals surface area contributed by atoms with Crippen molar-refractivity contribution >= 4 is 34.5 Å². The molecule has 5 aliphatic rings. The van der Waals surface area contributed by atoms with E-state index < -0.39 is 29.5 Å². The van der Waals surface area contributed by atoms with Crippen molar-refractivity contribution in [3.05, 3.63) is 88.9 Å². The van der Waals surface area contributed by atoms with Crippen molar-refractivity contribution in [2.45, 2.75) is 76.8 Å². The molecule has 5 aromatic rings. The number of benzene rings is 3. The van der Waals surface area contributed by atoms with Crippen molar-refractivity contribution in [2.24, 2.45) is 22.9 Å². The van der Waals surface area contributed by atoms with Crippen molar-refractivity contribution in [1.29, 1.82) is 0 Å². The maximum Gasteiger partial charge on any atom is 0.255 e. The van der Waals surface area contributed by atoms with Crippen LogP contribution < -0.4 is 29.0 Å². The first-order valence-corrected chi connectivity index (χ1v) is 22.7. The second-order valence-corrected chi connectivity index (χ2v) is 17.8. The summed E-state index contributed by atoms with van der Waals surface area (Å²) in [6.45, 7) is 2.84. The van der Waals surface area contributed by atoms with Gasteiger partial charge in [0.15, 0.2) is 34.6 Å². The van der Waals surface area contributed by atoms with E-state index in [-0.39, 0.29) is 55.7 Å². The monoisotopic (exact) mass is 903 g/mol. The summed E-state index contributed by atoms with van der Waals surface area (Å²) in [7, 11) is 3.17. The van der Waals surface area contributed by atoms with E-state index in [4.69, 9.17) is 28.8 Å². The lowest BCUT2D eigenvalue weighted by Gasteiger charge is -2.43. The topological polar surface area (TPSA) is 170 Å². The maximum absolute atomic E-state index is 14.6. The van der Waals surface area contributed by atoms with Crippen LogP contribution in [-0.2, 0) is 16.0 Å². The molecule has 17 heteroatoms. The van der Waals surface area contributed by atoms with E-state index in [2.05, 4.69) is 20.3 Å². The Morgan fingerprint density at radius 3 is 2.42 bits per heavy atom. The molecule has 5 heterocycles. The first kappa shape index (κ1) is 43.1. The Morgan fingerprint density at radius 1 is 0.894 bits per heavy atom. The summed E-state index contributed by atoms with van der Waals surface area (Å²) in [5.74, 6) is -0.108. The van der Waals surface area contributed by atoms with Crippen LogP contribution in [-0.4, -0.2) is 101 Å². The van der Waals surface area contributed by atoms with Crippen LogP contribution in [0.3, 0.4) is 0 Å². The van der Waals surface area contributed by atoms with Crippen LogP contribution in [0.25, 0.3) is 22.3 Å². The minimum Gasteiger partial charge on any atom is -0.493 e. The average Bonchev–Trinajstić information content (AvgIpc) is 3.93. The predicted octanol–water partition coefficient (Wildman–Crippen LogP) is 7.13. The molecule has 3 aliphatic heterocycles. The molecule has 10 rings (SSSR count). The van der Waals surface area contributed by atoms with Crippen molar-refractivity contribution < 1.29 is 46.8 Å². The van der Waals surface area contributed by atoms with Gasteiger partial charge in [-0.1, -0.05) is 18.9 Å². The molecule has 3 amide bonds. The van der Waals surface area contributed by atoms with Gasteiger partial charge in [-0.2, -0.15) is 5.10 Å². The van der Waals surface area contributed by atoms with Gasteiger partial charge < -0.3 is 38.9 Å². The lowest BCUT2D eigenvalue weighted by atomic mass is 9.73. The highest BCUT2D eigenvalue weighted by molar-refractivity contribution is 6.11. The van der Waals surface area contributed by atoms with Gasteiger partial charge in [0.2, 0.25) is 18.6 Å². The van der Waals surface area contributed by atoms with E-state index >= 15 is 0 Å². The number of nitrogens with zero attached hydrogens (tertiary/aromatic N) is 5. The zero-order valence-electron chi connectivity index (χ0n) is 37.0. The molecule has 0 bridgehead atoms. The van der Waals surface area contributed by atoms with E-state index in [1.165, 1.54) is 12.4 Å². The number of hydrazone groups is 1. The number of fused-ring (bicyclic) bond motifs is 3. The number of methoxy groups -OCH3 is 2. The standard InChI is InChI=1S/C49H51F2N7O8/c1-26-40(43-45(54-26)44(53-24-52-43)41-37(64-23-27-8-9-27)14-15-38-46(41)66-25-65-38)47(59)55-35(21-28-10-12-33(50)34(51)20-28)49(61)57-18-16-30(17-19-57)58-48(60)32-7-5-4-6-31(32)42(56-58)29-11-13-36(62-2)39(22-29)63-3/h10-15,20,22,24,27,30-32,35,54H,4-9,16-19,21,23,25H2,1-3H3,(H,55,59)/t31-,32+,35+/m0/s1. The van der Waals surface area contributed by atoms with Crippen LogP contribution in [0.15, 0.2) is 60.0 Å². The van der Waals surface area contributed by atoms with Crippen LogP contribution in [0.2, 0.25) is 0 Å². The Kier molecular flexibility index (Phi) is 11.7. The minimum absolute atomic E-state index is 0.00207. The van der Waals surface area contributed by atoms with E-state index in [1.54, 1.807) is 37.1 Å². The van der Waals surface area contributed by atoms with Crippen LogP contribution in [0.4, 0.5) is 8.78 Å². The van der Waals surface area contributed by atoms with Gasteiger partial charge in [0, 0.05) is 42.6 Å². The molecule has 2 N–H and O–H groups in total. The average molecular weight is 904 g/mol. The number of aromatic amines is 1. The predicted molar refractivity (Wildman–Crippen MR) is 238 cm³/mol. The zero-order valence-corrected chi connectivity index (χ0v) is 37.0. The molecule has 15 nitrogen and oxygen atoms in total. The van der Waals surface area contributed by atoms with Gasteiger partial charge in [-0.25, -0.2) is 23.8 Å².